The first-order chi connectivity index (χ1) is 10.7. The van der Waals surface area contributed by atoms with Gasteiger partial charge in [0.1, 0.15) is 0 Å². The highest BCUT2D eigenvalue weighted by Crippen LogP contribution is 2.13. The van der Waals surface area contributed by atoms with Crippen LogP contribution in [0.1, 0.15) is 59.3 Å². The van der Waals surface area contributed by atoms with Crippen molar-refractivity contribution in [2.45, 2.75) is 64.8 Å². The first-order valence-corrected chi connectivity index (χ1v) is 9.97. The zero-order valence-corrected chi connectivity index (χ0v) is 16.0. The van der Waals surface area contributed by atoms with Gasteiger partial charge in [-0.3, -0.25) is 9.80 Å². The van der Waals surface area contributed by atoms with Crippen molar-refractivity contribution in [1.29, 1.82) is 0 Å². The van der Waals surface area contributed by atoms with Crippen LogP contribution in [0.4, 0.5) is 0 Å². The summed E-state index contributed by atoms with van der Waals surface area (Å²) in [6.07, 6.45) is 7.66. The summed E-state index contributed by atoms with van der Waals surface area (Å²) in [6, 6.07) is 0. The van der Waals surface area contributed by atoms with E-state index in [1.165, 1.54) is 71.2 Å². The lowest BCUT2D eigenvalue weighted by Gasteiger charge is -2.30. The van der Waals surface area contributed by atoms with Crippen molar-refractivity contribution >= 4 is 11.6 Å². The Morgan fingerprint density at radius 2 is 1.23 bits per heavy atom. The number of unbranched alkanes of at least 4 members (excludes halogenated alkanes) is 3. The third kappa shape index (κ3) is 8.14. The van der Waals surface area contributed by atoms with Crippen LogP contribution in [-0.2, 0) is 0 Å². The molecule has 1 heterocycles. The third-order valence-corrected chi connectivity index (χ3v) is 5.11. The van der Waals surface area contributed by atoms with Crippen LogP contribution >= 0.6 is 11.6 Å². The number of hydrogen-bond acceptors (Lipinski definition) is 3. The summed E-state index contributed by atoms with van der Waals surface area (Å²) < 4.78 is 0. The predicted octanol–water partition coefficient (Wildman–Crippen LogP) is 3.87. The maximum atomic E-state index is 6.76. The molecule has 132 valence electrons. The molecule has 0 amide bonds. The Hall–Kier alpha value is 0.170. The molecule has 0 aliphatic carbocycles. The molecular formula is C18H38ClN3. The largest absolute Gasteiger partial charge is 0.301 e. The van der Waals surface area contributed by atoms with Crippen LogP contribution in [0.25, 0.3) is 0 Å². The summed E-state index contributed by atoms with van der Waals surface area (Å²) in [6.45, 7) is 16.1. The first-order valence-electron chi connectivity index (χ1n) is 9.54. The van der Waals surface area contributed by atoms with E-state index >= 15 is 0 Å². The van der Waals surface area contributed by atoms with Crippen molar-refractivity contribution in [3.63, 3.8) is 0 Å². The molecular weight excluding hydrogens is 294 g/mol. The molecule has 3 nitrogen and oxygen atoms in total. The molecule has 0 aromatic rings. The smallest absolute Gasteiger partial charge is 0.0979 e. The number of hydrogen-bond donors (Lipinski definition) is 0. The second kappa shape index (κ2) is 12.6. The molecule has 22 heavy (non-hydrogen) atoms. The van der Waals surface area contributed by atoms with E-state index in [0.29, 0.717) is 0 Å². The van der Waals surface area contributed by atoms with Crippen molar-refractivity contribution in [1.82, 2.24) is 14.7 Å². The first kappa shape index (κ1) is 20.2. The Morgan fingerprint density at radius 3 is 1.86 bits per heavy atom. The van der Waals surface area contributed by atoms with Crippen molar-refractivity contribution < 1.29 is 0 Å². The molecule has 0 bridgehead atoms. The van der Waals surface area contributed by atoms with Crippen molar-refractivity contribution in [2.24, 2.45) is 0 Å². The quantitative estimate of drug-likeness (QED) is 0.469. The maximum absolute atomic E-state index is 6.76. The number of rotatable bonds is 9. The van der Waals surface area contributed by atoms with Gasteiger partial charge in [-0.15, -0.1) is 11.6 Å². The van der Waals surface area contributed by atoms with E-state index in [2.05, 4.69) is 35.5 Å². The van der Waals surface area contributed by atoms with Crippen LogP contribution in [0, 0.1) is 0 Å². The van der Waals surface area contributed by atoms with Crippen LogP contribution in [-0.4, -0.2) is 72.6 Å². The minimum Gasteiger partial charge on any atom is -0.301 e. The van der Waals surface area contributed by atoms with Gasteiger partial charge in [-0.1, -0.05) is 40.0 Å². The topological polar surface area (TPSA) is 9.72 Å². The summed E-state index contributed by atoms with van der Waals surface area (Å²) in [5.41, 5.74) is 0.175. The van der Waals surface area contributed by atoms with Gasteiger partial charge in [0, 0.05) is 32.7 Å². The summed E-state index contributed by atoms with van der Waals surface area (Å²) in [5.74, 6) is 0. The fraction of sp³-hybridized carbons (Fsp3) is 1.00. The second-order valence-corrected chi connectivity index (χ2v) is 7.18. The van der Waals surface area contributed by atoms with E-state index in [9.17, 15) is 0 Å². The van der Waals surface area contributed by atoms with E-state index in [0.717, 1.165) is 19.6 Å². The molecule has 0 aromatic carbocycles. The normalized spacial score (nSPS) is 23.2. The second-order valence-electron chi connectivity index (χ2n) is 6.67. The van der Waals surface area contributed by atoms with Crippen molar-refractivity contribution in [3.05, 3.63) is 0 Å². The lowest BCUT2D eigenvalue weighted by molar-refractivity contribution is 0.192. The minimum atomic E-state index is 0.175. The average molecular weight is 332 g/mol. The molecule has 1 unspecified atom stereocenters. The van der Waals surface area contributed by atoms with Crippen molar-refractivity contribution in [3.8, 4) is 0 Å². The Kier molecular flexibility index (Phi) is 11.6. The molecule has 4 heteroatoms. The Balaban J connectivity index is 2.62. The van der Waals surface area contributed by atoms with E-state index < -0.39 is 0 Å². The van der Waals surface area contributed by atoms with Crippen LogP contribution < -0.4 is 0 Å². The summed E-state index contributed by atoms with van der Waals surface area (Å²) in [5, 5.41) is 0. The van der Waals surface area contributed by atoms with Gasteiger partial charge in [-0.25, -0.2) is 0 Å². The van der Waals surface area contributed by atoms with Crippen LogP contribution in [0.3, 0.4) is 0 Å². The predicted molar refractivity (Wildman–Crippen MR) is 98.8 cm³/mol. The Labute approximate surface area is 144 Å². The number of halogens is 1. The highest BCUT2D eigenvalue weighted by Gasteiger charge is 2.22. The summed E-state index contributed by atoms with van der Waals surface area (Å²) in [4.78, 5) is 7.75. The zero-order chi connectivity index (χ0) is 16.2. The van der Waals surface area contributed by atoms with Gasteiger partial charge in [0.25, 0.3) is 0 Å². The fourth-order valence-corrected chi connectivity index (χ4v) is 3.42. The SMILES string of the molecule is CCCCN1CCN(CCCC)CC(Cl)N(CCCC)CC1. The minimum absolute atomic E-state index is 0.175. The molecule has 0 spiro atoms. The Bertz CT molecular complexity index is 263. The molecule has 1 rings (SSSR count). The van der Waals surface area contributed by atoms with Gasteiger partial charge >= 0.3 is 0 Å². The van der Waals surface area contributed by atoms with E-state index in [1.54, 1.807) is 0 Å². The molecule has 0 N–H and O–H groups in total. The van der Waals surface area contributed by atoms with Gasteiger partial charge < -0.3 is 4.90 Å². The molecule has 1 aliphatic heterocycles. The highest BCUT2D eigenvalue weighted by atomic mass is 35.5. The van der Waals surface area contributed by atoms with E-state index in [-0.39, 0.29) is 5.50 Å². The van der Waals surface area contributed by atoms with Gasteiger partial charge in [-0.2, -0.15) is 0 Å². The van der Waals surface area contributed by atoms with E-state index in [1.807, 2.05) is 0 Å². The summed E-state index contributed by atoms with van der Waals surface area (Å²) >= 11 is 6.76. The van der Waals surface area contributed by atoms with Crippen LogP contribution in [0.2, 0.25) is 0 Å². The van der Waals surface area contributed by atoms with Gasteiger partial charge in [0.2, 0.25) is 0 Å². The van der Waals surface area contributed by atoms with Crippen molar-refractivity contribution in [2.75, 3.05) is 52.4 Å². The maximum Gasteiger partial charge on any atom is 0.0979 e. The van der Waals surface area contributed by atoms with E-state index in [4.69, 9.17) is 11.6 Å². The number of nitrogens with zero attached hydrogens (tertiary/aromatic N) is 3. The van der Waals surface area contributed by atoms with Gasteiger partial charge in [0.05, 0.1) is 5.50 Å². The third-order valence-electron chi connectivity index (χ3n) is 4.70. The molecule has 0 aromatic heterocycles. The Morgan fingerprint density at radius 1 is 0.727 bits per heavy atom. The van der Waals surface area contributed by atoms with Crippen LogP contribution in [0.5, 0.6) is 0 Å². The monoisotopic (exact) mass is 331 g/mol. The molecule has 0 saturated carbocycles. The lowest BCUT2D eigenvalue weighted by Crippen LogP contribution is -2.42. The molecule has 0 radical (unpaired) electrons. The highest BCUT2D eigenvalue weighted by molar-refractivity contribution is 6.20. The lowest BCUT2D eigenvalue weighted by atomic mass is 10.3. The standard InChI is InChI=1S/C18H38ClN3/c1-4-7-10-20-13-14-21(11-8-5-2)17-18(19)22(16-15-20)12-9-6-3/h18H,4-17H2,1-3H3. The zero-order valence-electron chi connectivity index (χ0n) is 15.2. The molecule has 1 fully saturated rings. The summed E-state index contributed by atoms with van der Waals surface area (Å²) in [7, 11) is 0. The molecule has 1 saturated heterocycles. The molecule has 1 aliphatic rings. The van der Waals surface area contributed by atoms with Gasteiger partial charge in [0.15, 0.2) is 0 Å². The number of alkyl halides is 1. The fourth-order valence-electron chi connectivity index (χ4n) is 3.03. The average Bonchev–Trinajstić information content (AvgIpc) is 2.59. The van der Waals surface area contributed by atoms with Crippen LogP contribution in [0.15, 0.2) is 0 Å². The molecule has 1 atom stereocenters. The van der Waals surface area contributed by atoms with Gasteiger partial charge in [-0.05, 0) is 38.9 Å².